The Morgan fingerprint density at radius 2 is 1.89 bits per heavy atom. The molecule has 0 bridgehead atoms. The number of thiazole rings is 2. The highest BCUT2D eigenvalue weighted by Crippen LogP contribution is 2.25. The molecule has 2 aromatic heterocycles. The first-order chi connectivity index (χ1) is 18.5. The van der Waals surface area contributed by atoms with E-state index in [4.69, 9.17) is 9.47 Å². The van der Waals surface area contributed by atoms with Gasteiger partial charge in [0.05, 0.1) is 40.6 Å². The van der Waals surface area contributed by atoms with Crippen LogP contribution in [0.5, 0.6) is 5.75 Å². The Hall–Kier alpha value is -3.48. The summed E-state index contributed by atoms with van der Waals surface area (Å²) in [5.74, 6) is -0.289. The summed E-state index contributed by atoms with van der Waals surface area (Å²) in [6, 6.07) is 15.2. The average molecular weight is 571 g/mol. The number of amides is 2. The quantitative estimate of drug-likeness (QED) is 0.263. The normalized spacial score (nSPS) is 11.5. The van der Waals surface area contributed by atoms with E-state index in [1.165, 1.54) is 22.7 Å². The minimum atomic E-state index is -0.418. The fourth-order valence-electron chi connectivity index (χ4n) is 3.48. The number of carbonyl (C=O) groups is 3. The molecule has 0 radical (unpaired) electrons. The Morgan fingerprint density at radius 1 is 1.08 bits per heavy atom. The molecule has 1 N–H and O–H groups in total. The molecule has 0 unspecified atom stereocenters. The van der Waals surface area contributed by atoms with Crippen LogP contribution in [-0.4, -0.2) is 52.1 Å². The van der Waals surface area contributed by atoms with Crippen molar-refractivity contribution in [2.24, 2.45) is 4.99 Å². The van der Waals surface area contributed by atoms with E-state index in [9.17, 15) is 14.4 Å². The van der Waals surface area contributed by atoms with E-state index >= 15 is 0 Å². The third-order valence-corrected chi connectivity index (χ3v) is 7.77. The van der Waals surface area contributed by atoms with Crippen LogP contribution in [0.25, 0.3) is 21.5 Å². The first-order valence-corrected chi connectivity index (χ1v) is 14.7. The Bertz CT molecular complexity index is 1490. The van der Waals surface area contributed by atoms with E-state index in [-0.39, 0.29) is 30.6 Å². The predicted octanol–water partition coefficient (Wildman–Crippen LogP) is 4.59. The van der Waals surface area contributed by atoms with Crippen molar-refractivity contribution in [2.75, 3.05) is 30.0 Å². The molecule has 0 fully saturated rings. The molecule has 2 heterocycles. The van der Waals surface area contributed by atoms with Crippen molar-refractivity contribution in [3.8, 4) is 17.0 Å². The average Bonchev–Trinajstić information content (AvgIpc) is 3.49. The Morgan fingerprint density at radius 3 is 2.66 bits per heavy atom. The van der Waals surface area contributed by atoms with Crippen LogP contribution >= 0.6 is 34.4 Å². The van der Waals surface area contributed by atoms with E-state index < -0.39 is 11.9 Å². The topological polar surface area (TPSA) is 112 Å². The SMILES string of the molecule is CCOC(=O)Cn1c(=NC(=O)CSCC(=O)Nc2nc(-c3ccccc3)cs2)sc2cc(OCC)ccc21. The number of nitrogens with one attached hydrogen (secondary N) is 1. The molecule has 38 heavy (non-hydrogen) atoms. The van der Waals surface area contributed by atoms with Crippen LogP contribution in [0.2, 0.25) is 0 Å². The van der Waals surface area contributed by atoms with Gasteiger partial charge in [0.25, 0.3) is 5.91 Å². The number of ether oxygens (including phenoxy) is 2. The van der Waals surface area contributed by atoms with E-state index in [1.807, 2.05) is 60.8 Å². The van der Waals surface area contributed by atoms with Gasteiger partial charge in [-0.25, -0.2) is 4.98 Å². The molecule has 0 spiro atoms. The molecule has 0 saturated carbocycles. The zero-order chi connectivity index (χ0) is 26.9. The summed E-state index contributed by atoms with van der Waals surface area (Å²) in [6.45, 7) is 4.35. The fraction of sp³-hybridized carbons (Fsp3) is 0.269. The number of anilines is 1. The van der Waals surface area contributed by atoms with Gasteiger partial charge in [0.2, 0.25) is 5.91 Å². The molecule has 0 atom stereocenters. The lowest BCUT2D eigenvalue weighted by atomic mass is 10.2. The number of carbonyl (C=O) groups excluding carboxylic acids is 3. The van der Waals surface area contributed by atoms with Crippen LogP contribution in [0, 0.1) is 0 Å². The molecule has 2 amide bonds. The van der Waals surface area contributed by atoms with Gasteiger partial charge >= 0.3 is 5.97 Å². The molecule has 0 saturated heterocycles. The smallest absolute Gasteiger partial charge is 0.326 e. The number of esters is 1. The minimum absolute atomic E-state index is 0.0123. The Labute approximate surface area is 231 Å². The molecule has 2 aromatic carbocycles. The van der Waals surface area contributed by atoms with Crippen molar-refractivity contribution in [2.45, 2.75) is 20.4 Å². The van der Waals surface area contributed by atoms with Crippen LogP contribution in [0.15, 0.2) is 58.9 Å². The summed E-state index contributed by atoms with van der Waals surface area (Å²) in [7, 11) is 0. The van der Waals surface area contributed by atoms with Crippen LogP contribution in [0.3, 0.4) is 0 Å². The monoisotopic (exact) mass is 570 g/mol. The van der Waals surface area contributed by atoms with Gasteiger partial charge in [0.15, 0.2) is 9.93 Å². The van der Waals surface area contributed by atoms with Crippen LogP contribution < -0.4 is 14.9 Å². The summed E-state index contributed by atoms with van der Waals surface area (Å²) >= 11 is 3.79. The summed E-state index contributed by atoms with van der Waals surface area (Å²) in [5.41, 5.74) is 2.52. The zero-order valence-corrected chi connectivity index (χ0v) is 23.3. The van der Waals surface area contributed by atoms with Gasteiger partial charge in [-0.1, -0.05) is 41.7 Å². The second kappa shape index (κ2) is 13.4. The first-order valence-electron chi connectivity index (χ1n) is 11.8. The predicted molar refractivity (Wildman–Crippen MR) is 152 cm³/mol. The van der Waals surface area contributed by atoms with E-state index in [0.717, 1.165) is 33.2 Å². The number of rotatable bonds is 11. The van der Waals surface area contributed by atoms with Crippen molar-refractivity contribution in [1.29, 1.82) is 0 Å². The van der Waals surface area contributed by atoms with Gasteiger partial charge in [-0.2, -0.15) is 4.99 Å². The van der Waals surface area contributed by atoms with Gasteiger partial charge in [-0.15, -0.1) is 23.1 Å². The van der Waals surface area contributed by atoms with E-state index in [0.29, 0.717) is 22.3 Å². The number of aromatic nitrogens is 2. The van der Waals surface area contributed by atoms with Gasteiger partial charge < -0.3 is 19.4 Å². The molecule has 9 nitrogen and oxygen atoms in total. The highest BCUT2D eigenvalue weighted by atomic mass is 32.2. The lowest BCUT2D eigenvalue weighted by Gasteiger charge is -2.06. The highest BCUT2D eigenvalue weighted by Gasteiger charge is 2.14. The number of benzene rings is 2. The van der Waals surface area contributed by atoms with Crippen LogP contribution in [0.4, 0.5) is 5.13 Å². The second-order valence-electron chi connectivity index (χ2n) is 7.79. The number of nitrogens with zero attached hydrogens (tertiary/aromatic N) is 3. The van der Waals surface area contributed by atoms with E-state index in [1.54, 1.807) is 11.5 Å². The number of hydrogen-bond donors (Lipinski definition) is 1. The van der Waals surface area contributed by atoms with Crippen molar-refractivity contribution in [1.82, 2.24) is 9.55 Å². The van der Waals surface area contributed by atoms with Crippen molar-refractivity contribution < 1.29 is 23.9 Å². The molecule has 0 aliphatic rings. The van der Waals surface area contributed by atoms with Crippen LogP contribution in [-0.2, 0) is 25.7 Å². The van der Waals surface area contributed by atoms with E-state index in [2.05, 4.69) is 15.3 Å². The summed E-state index contributed by atoms with van der Waals surface area (Å²) in [6.07, 6.45) is 0. The molecule has 198 valence electrons. The van der Waals surface area contributed by atoms with Crippen molar-refractivity contribution in [3.05, 3.63) is 58.7 Å². The minimum Gasteiger partial charge on any atom is -0.494 e. The molecule has 4 rings (SSSR count). The summed E-state index contributed by atoms with van der Waals surface area (Å²) in [4.78, 5) is 46.3. The highest BCUT2D eigenvalue weighted by molar-refractivity contribution is 8.00. The lowest BCUT2D eigenvalue weighted by Crippen LogP contribution is -2.23. The third kappa shape index (κ3) is 7.30. The molecule has 4 aromatic rings. The van der Waals surface area contributed by atoms with Gasteiger partial charge in [-0.3, -0.25) is 14.4 Å². The van der Waals surface area contributed by atoms with Gasteiger partial charge in [-0.05, 0) is 32.0 Å². The van der Waals surface area contributed by atoms with Gasteiger partial charge in [0.1, 0.15) is 12.3 Å². The zero-order valence-electron chi connectivity index (χ0n) is 20.8. The Balaban J connectivity index is 1.39. The summed E-state index contributed by atoms with van der Waals surface area (Å²) in [5, 5.41) is 5.16. The molecule has 12 heteroatoms. The number of thioether (sulfide) groups is 1. The molecule has 0 aliphatic heterocycles. The maximum absolute atomic E-state index is 12.6. The largest absolute Gasteiger partial charge is 0.494 e. The van der Waals surface area contributed by atoms with Crippen molar-refractivity contribution in [3.63, 3.8) is 0 Å². The van der Waals surface area contributed by atoms with Gasteiger partial charge in [0, 0.05) is 10.9 Å². The number of hydrogen-bond acceptors (Lipinski definition) is 9. The number of fused-ring (bicyclic) bond motifs is 1. The third-order valence-electron chi connectivity index (χ3n) is 5.06. The molecule has 0 aliphatic carbocycles. The van der Waals surface area contributed by atoms with Crippen LogP contribution in [0.1, 0.15) is 13.8 Å². The first kappa shape index (κ1) is 27.6. The maximum atomic E-state index is 12.6. The maximum Gasteiger partial charge on any atom is 0.326 e. The fourth-order valence-corrected chi connectivity index (χ4v) is 5.89. The lowest BCUT2D eigenvalue weighted by molar-refractivity contribution is -0.143. The second-order valence-corrected chi connectivity index (χ2v) is 10.6. The summed E-state index contributed by atoms with van der Waals surface area (Å²) < 4.78 is 13.2. The van der Waals surface area contributed by atoms with Crippen molar-refractivity contribution >= 4 is 67.6 Å². The molecular weight excluding hydrogens is 545 g/mol. The Kier molecular flexibility index (Phi) is 9.68. The standard InChI is InChI=1S/C26H26N4O5S3/c1-3-34-18-10-11-20-21(12-18)38-26(30(20)13-24(33)35-4-2)29-23(32)16-36-15-22(31)28-25-27-19(14-37-25)17-8-6-5-7-9-17/h5-12,14H,3-4,13,15-16H2,1-2H3,(H,27,28,31). The molecular formula is C26H26N4O5S3.